The molecule has 4 nitrogen and oxygen atoms in total. The molecule has 2 heterocycles. The number of aliphatic hydroxyl groups is 1. The Morgan fingerprint density at radius 2 is 2.32 bits per heavy atom. The van der Waals surface area contributed by atoms with Crippen LogP contribution in [0.15, 0.2) is 17.5 Å². The molecule has 0 spiro atoms. The maximum absolute atomic E-state index is 11.7. The summed E-state index contributed by atoms with van der Waals surface area (Å²) < 4.78 is 0. The molecular formula is C14H22N2O2S. The first kappa shape index (κ1) is 14.5. The molecule has 1 saturated heterocycles. The topological polar surface area (TPSA) is 52.6 Å². The summed E-state index contributed by atoms with van der Waals surface area (Å²) in [5.74, 6) is 0.285. The van der Waals surface area contributed by atoms with Crippen LogP contribution in [0.5, 0.6) is 0 Å². The lowest BCUT2D eigenvalue weighted by Gasteiger charge is -2.48. The number of carbonyl (C=O) groups excluding carboxylic acids is 1. The highest BCUT2D eigenvalue weighted by Crippen LogP contribution is 2.27. The van der Waals surface area contributed by atoms with Gasteiger partial charge in [-0.2, -0.15) is 0 Å². The average Bonchev–Trinajstić information content (AvgIpc) is 2.79. The maximum atomic E-state index is 11.7. The number of hydrogen-bond acceptors (Lipinski definition) is 4. The van der Waals surface area contributed by atoms with E-state index in [1.54, 1.807) is 11.3 Å². The molecule has 0 bridgehead atoms. The summed E-state index contributed by atoms with van der Waals surface area (Å²) in [6.45, 7) is 6.30. The van der Waals surface area contributed by atoms with Crippen molar-refractivity contribution in [2.75, 3.05) is 26.2 Å². The van der Waals surface area contributed by atoms with Gasteiger partial charge in [0.2, 0.25) is 5.91 Å². The summed E-state index contributed by atoms with van der Waals surface area (Å²) in [7, 11) is 0. The zero-order chi connectivity index (χ0) is 13.9. The lowest BCUT2D eigenvalue weighted by Crippen LogP contribution is -2.65. The van der Waals surface area contributed by atoms with E-state index in [9.17, 15) is 9.90 Å². The van der Waals surface area contributed by atoms with Crippen molar-refractivity contribution in [1.82, 2.24) is 10.2 Å². The van der Waals surface area contributed by atoms with Gasteiger partial charge in [0.05, 0.1) is 12.1 Å². The second-order valence-corrected chi connectivity index (χ2v) is 6.61. The Morgan fingerprint density at radius 3 is 2.89 bits per heavy atom. The van der Waals surface area contributed by atoms with Crippen LogP contribution in [0.1, 0.15) is 18.7 Å². The van der Waals surface area contributed by atoms with Gasteiger partial charge < -0.3 is 10.4 Å². The van der Waals surface area contributed by atoms with Crippen molar-refractivity contribution in [3.05, 3.63) is 22.4 Å². The van der Waals surface area contributed by atoms with Gasteiger partial charge in [0.15, 0.2) is 0 Å². The molecule has 1 aromatic heterocycles. The third kappa shape index (κ3) is 3.78. The first-order valence-electron chi connectivity index (χ1n) is 6.73. The third-order valence-corrected chi connectivity index (χ3v) is 4.65. The number of likely N-dealkylation sites (tertiary alicyclic amines) is 1. The summed E-state index contributed by atoms with van der Waals surface area (Å²) in [6, 6.07) is 4.10. The summed E-state index contributed by atoms with van der Waals surface area (Å²) in [5, 5.41) is 15.1. The Kier molecular flexibility index (Phi) is 4.60. The quantitative estimate of drug-likeness (QED) is 0.822. The van der Waals surface area contributed by atoms with Gasteiger partial charge >= 0.3 is 0 Å². The molecule has 0 radical (unpaired) electrons. The van der Waals surface area contributed by atoms with E-state index in [0.717, 1.165) is 6.42 Å². The fourth-order valence-electron chi connectivity index (χ4n) is 2.24. The van der Waals surface area contributed by atoms with E-state index in [1.165, 1.54) is 4.88 Å². The fraction of sp³-hybridized carbons (Fsp3) is 0.643. The smallest absolute Gasteiger partial charge is 0.234 e. The molecule has 0 unspecified atom stereocenters. The molecule has 5 heteroatoms. The minimum absolute atomic E-state index is 0.0439. The molecule has 19 heavy (non-hydrogen) atoms. The van der Waals surface area contributed by atoms with E-state index in [4.69, 9.17) is 0 Å². The van der Waals surface area contributed by atoms with Crippen LogP contribution >= 0.6 is 11.3 Å². The van der Waals surface area contributed by atoms with E-state index >= 15 is 0 Å². The Labute approximate surface area is 118 Å². The van der Waals surface area contributed by atoms with Gasteiger partial charge in [-0.1, -0.05) is 19.9 Å². The highest BCUT2D eigenvalue weighted by atomic mass is 32.1. The van der Waals surface area contributed by atoms with Gasteiger partial charge in [-0.05, 0) is 23.8 Å². The van der Waals surface area contributed by atoms with E-state index < -0.39 is 5.60 Å². The molecule has 1 aliphatic rings. The van der Waals surface area contributed by atoms with Gasteiger partial charge in [0, 0.05) is 24.5 Å². The second-order valence-electron chi connectivity index (χ2n) is 5.58. The Hall–Kier alpha value is -0.910. The second kappa shape index (κ2) is 6.03. The van der Waals surface area contributed by atoms with Crippen molar-refractivity contribution in [3.8, 4) is 0 Å². The zero-order valence-electron chi connectivity index (χ0n) is 11.6. The molecular weight excluding hydrogens is 260 g/mol. The van der Waals surface area contributed by atoms with Crippen molar-refractivity contribution < 1.29 is 9.90 Å². The predicted octanol–water partition coefficient (Wildman–Crippen LogP) is 1.11. The van der Waals surface area contributed by atoms with E-state index in [1.807, 2.05) is 30.2 Å². The lowest BCUT2D eigenvalue weighted by molar-refractivity contribution is -0.142. The van der Waals surface area contributed by atoms with Crippen LogP contribution in [0.4, 0.5) is 0 Å². The number of nitrogens with zero attached hydrogens (tertiary/aromatic N) is 1. The van der Waals surface area contributed by atoms with Crippen molar-refractivity contribution in [1.29, 1.82) is 0 Å². The SMILES string of the molecule is CC(C)C1(O)CN(CC(=O)NCCc2cccs2)C1. The van der Waals surface area contributed by atoms with Crippen molar-refractivity contribution in [2.24, 2.45) is 5.92 Å². The van der Waals surface area contributed by atoms with Crippen LogP contribution in [0.3, 0.4) is 0 Å². The highest BCUT2D eigenvalue weighted by molar-refractivity contribution is 7.09. The molecule has 1 fully saturated rings. The van der Waals surface area contributed by atoms with E-state index in [2.05, 4.69) is 11.4 Å². The summed E-state index contributed by atoms with van der Waals surface area (Å²) in [6.07, 6.45) is 0.888. The number of hydrogen-bond donors (Lipinski definition) is 2. The first-order valence-corrected chi connectivity index (χ1v) is 7.61. The zero-order valence-corrected chi connectivity index (χ0v) is 12.4. The van der Waals surface area contributed by atoms with E-state index in [0.29, 0.717) is 26.2 Å². The average molecular weight is 282 g/mol. The molecule has 1 aromatic rings. The minimum atomic E-state index is -0.600. The van der Waals surface area contributed by atoms with Crippen LogP contribution in [0.25, 0.3) is 0 Å². The molecule has 0 aromatic carbocycles. The Bertz CT molecular complexity index is 411. The van der Waals surface area contributed by atoms with Crippen LogP contribution in [-0.2, 0) is 11.2 Å². The van der Waals surface area contributed by atoms with E-state index in [-0.39, 0.29) is 11.8 Å². The summed E-state index contributed by atoms with van der Waals surface area (Å²) in [4.78, 5) is 15.0. The van der Waals surface area contributed by atoms with Gasteiger partial charge in [-0.25, -0.2) is 0 Å². The van der Waals surface area contributed by atoms with Gasteiger partial charge in [0.1, 0.15) is 0 Å². The Morgan fingerprint density at radius 1 is 1.58 bits per heavy atom. The number of thiophene rings is 1. The number of β-amino-alcohol motifs (C(OH)–C–C–N with tert-alkyl or cyclic N) is 1. The predicted molar refractivity (Wildman–Crippen MR) is 77.3 cm³/mol. The number of rotatable bonds is 6. The standard InChI is InChI=1S/C14H22N2O2S/c1-11(2)14(18)9-16(10-14)8-13(17)15-6-5-12-4-3-7-19-12/h3-4,7,11,18H,5-6,8-10H2,1-2H3,(H,15,17). The monoisotopic (exact) mass is 282 g/mol. The molecule has 0 atom stereocenters. The fourth-order valence-corrected chi connectivity index (χ4v) is 2.95. The van der Waals surface area contributed by atoms with Crippen LogP contribution < -0.4 is 5.32 Å². The molecule has 2 N–H and O–H groups in total. The molecule has 106 valence electrons. The molecule has 2 rings (SSSR count). The number of nitrogens with one attached hydrogen (secondary N) is 1. The Balaban J connectivity index is 1.61. The van der Waals surface area contributed by atoms with Crippen LogP contribution in [0, 0.1) is 5.92 Å². The third-order valence-electron chi connectivity index (χ3n) is 3.71. The number of amides is 1. The van der Waals surface area contributed by atoms with Crippen molar-refractivity contribution in [3.63, 3.8) is 0 Å². The molecule has 1 amide bonds. The molecule has 0 saturated carbocycles. The van der Waals surface area contributed by atoms with Gasteiger partial charge in [-0.3, -0.25) is 9.69 Å². The molecule has 1 aliphatic heterocycles. The molecule has 0 aliphatic carbocycles. The minimum Gasteiger partial charge on any atom is -0.387 e. The summed E-state index contributed by atoms with van der Waals surface area (Å²) in [5.41, 5.74) is -0.600. The largest absolute Gasteiger partial charge is 0.387 e. The highest BCUT2D eigenvalue weighted by Gasteiger charge is 2.43. The normalized spacial score (nSPS) is 18.3. The lowest BCUT2D eigenvalue weighted by atomic mass is 9.83. The maximum Gasteiger partial charge on any atom is 0.234 e. The number of carbonyl (C=O) groups is 1. The van der Waals surface area contributed by atoms with Crippen LogP contribution in [0.2, 0.25) is 0 Å². The van der Waals surface area contributed by atoms with Crippen LogP contribution in [-0.4, -0.2) is 47.7 Å². The van der Waals surface area contributed by atoms with Gasteiger partial charge in [-0.15, -0.1) is 11.3 Å². The summed E-state index contributed by atoms with van der Waals surface area (Å²) >= 11 is 1.71. The first-order chi connectivity index (χ1) is 8.99. The van der Waals surface area contributed by atoms with Gasteiger partial charge in [0.25, 0.3) is 0 Å². The van der Waals surface area contributed by atoms with Crippen molar-refractivity contribution >= 4 is 17.2 Å². The van der Waals surface area contributed by atoms with Crippen molar-refractivity contribution in [2.45, 2.75) is 25.9 Å².